The standard InChI is InChI=1S/C23H32ClFN2O2/c1-4-27(5-2)14-8-13-26-16-18-11-12-22(23(15-18)28-6-3)29-17-19-20(24)9-7-10-21(19)25/h7,9-12,15,26H,4-6,8,13-14,16-17H2,1-3H3. The van der Waals surface area contributed by atoms with Crippen LogP contribution in [0.1, 0.15) is 38.3 Å². The van der Waals surface area contributed by atoms with Crippen LogP contribution in [0.5, 0.6) is 11.5 Å². The van der Waals surface area contributed by atoms with Gasteiger partial charge in [-0.05, 0) is 69.4 Å². The molecule has 1 N–H and O–H groups in total. The van der Waals surface area contributed by atoms with Gasteiger partial charge in [0, 0.05) is 12.1 Å². The van der Waals surface area contributed by atoms with Gasteiger partial charge < -0.3 is 19.7 Å². The molecule has 0 saturated heterocycles. The lowest BCUT2D eigenvalue weighted by Crippen LogP contribution is -2.27. The molecule has 0 aliphatic heterocycles. The monoisotopic (exact) mass is 422 g/mol. The number of nitrogens with zero attached hydrogens (tertiary/aromatic N) is 1. The second-order valence-corrected chi connectivity index (χ2v) is 7.17. The smallest absolute Gasteiger partial charge is 0.161 e. The van der Waals surface area contributed by atoms with E-state index in [1.807, 2.05) is 25.1 Å². The molecule has 160 valence electrons. The van der Waals surface area contributed by atoms with Crippen molar-refractivity contribution < 1.29 is 13.9 Å². The highest BCUT2D eigenvalue weighted by Gasteiger charge is 2.11. The summed E-state index contributed by atoms with van der Waals surface area (Å²) in [5, 5.41) is 3.83. The topological polar surface area (TPSA) is 33.7 Å². The molecule has 0 heterocycles. The summed E-state index contributed by atoms with van der Waals surface area (Å²) in [7, 11) is 0. The Kier molecular flexibility index (Phi) is 10.3. The molecule has 0 bridgehead atoms. The summed E-state index contributed by atoms with van der Waals surface area (Å²) in [5.41, 5.74) is 1.46. The molecule has 0 aliphatic rings. The van der Waals surface area contributed by atoms with Crippen molar-refractivity contribution in [3.8, 4) is 11.5 Å². The molecule has 2 aromatic rings. The van der Waals surface area contributed by atoms with Crippen LogP contribution in [0, 0.1) is 5.82 Å². The molecule has 0 spiro atoms. The summed E-state index contributed by atoms with van der Waals surface area (Å²) in [6.45, 7) is 11.9. The quantitative estimate of drug-likeness (QED) is 0.445. The van der Waals surface area contributed by atoms with Crippen LogP contribution in [-0.2, 0) is 13.2 Å². The average molecular weight is 423 g/mol. The molecule has 29 heavy (non-hydrogen) atoms. The number of nitrogens with one attached hydrogen (secondary N) is 1. The Hall–Kier alpha value is -1.82. The number of hydrogen-bond donors (Lipinski definition) is 1. The molecule has 0 amide bonds. The Morgan fingerprint density at radius 2 is 1.83 bits per heavy atom. The van der Waals surface area contributed by atoms with E-state index < -0.39 is 0 Å². The van der Waals surface area contributed by atoms with E-state index in [9.17, 15) is 4.39 Å². The van der Waals surface area contributed by atoms with Crippen molar-refractivity contribution in [2.24, 2.45) is 0 Å². The van der Waals surface area contributed by atoms with Crippen LogP contribution in [0.3, 0.4) is 0 Å². The summed E-state index contributed by atoms with van der Waals surface area (Å²) in [5.74, 6) is 0.861. The molecule has 6 heteroatoms. The molecule has 0 unspecified atom stereocenters. The number of halogens is 2. The van der Waals surface area contributed by atoms with Gasteiger partial charge in [-0.3, -0.25) is 0 Å². The maximum Gasteiger partial charge on any atom is 0.161 e. The van der Waals surface area contributed by atoms with Gasteiger partial charge in [0.05, 0.1) is 11.6 Å². The van der Waals surface area contributed by atoms with Gasteiger partial charge in [0.25, 0.3) is 0 Å². The van der Waals surface area contributed by atoms with Crippen LogP contribution in [0.2, 0.25) is 5.02 Å². The van der Waals surface area contributed by atoms with E-state index in [1.165, 1.54) is 6.07 Å². The largest absolute Gasteiger partial charge is 0.490 e. The maximum absolute atomic E-state index is 14.0. The van der Waals surface area contributed by atoms with Gasteiger partial charge >= 0.3 is 0 Å². The van der Waals surface area contributed by atoms with Crippen LogP contribution in [0.25, 0.3) is 0 Å². The fourth-order valence-corrected chi connectivity index (χ4v) is 3.29. The van der Waals surface area contributed by atoms with E-state index >= 15 is 0 Å². The average Bonchev–Trinajstić information content (AvgIpc) is 2.72. The summed E-state index contributed by atoms with van der Waals surface area (Å²) in [6.07, 6.45) is 1.12. The first-order chi connectivity index (χ1) is 14.1. The first kappa shape index (κ1) is 23.5. The zero-order valence-electron chi connectivity index (χ0n) is 17.6. The van der Waals surface area contributed by atoms with Crippen LogP contribution in [0.15, 0.2) is 36.4 Å². The van der Waals surface area contributed by atoms with Crippen molar-refractivity contribution in [3.63, 3.8) is 0 Å². The van der Waals surface area contributed by atoms with Gasteiger partial charge in [0.1, 0.15) is 12.4 Å². The SMILES string of the molecule is CCOc1cc(CNCCCN(CC)CC)ccc1OCc1c(F)cccc1Cl. The fourth-order valence-electron chi connectivity index (χ4n) is 3.07. The van der Waals surface area contributed by atoms with E-state index in [1.54, 1.807) is 12.1 Å². The third-order valence-corrected chi connectivity index (χ3v) is 5.15. The molecule has 2 aromatic carbocycles. The maximum atomic E-state index is 14.0. The highest BCUT2D eigenvalue weighted by atomic mass is 35.5. The van der Waals surface area contributed by atoms with Crippen LogP contribution < -0.4 is 14.8 Å². The number of ether oxygens (including phenoxy) is 2. The molecular weight excluding hydrogens is 391 g/mol. The first-order valence-corrected chi connectivity index (χ1v) is 10.7. The minimum Gasteiger partial charge on any atom is -0.490 e. The summed E-state index contributed by atoms with van der Waals surface area (Å²) in [6, 6.07) is 10.4. The van der Waals surface area contributed by atoms with Crippen molar-refractivity contribution in [2.75, 3.05) is 32.8 Å². The number of hydrogen-bond acceptors (Lipinski definition) is 4. The van der Waals surface area contributed by atoms with Crippen molar-refractivity contribution in [3.05, 3.63) is 58.4 Å². The lowest BCUT2D eigenvalue weighted by molar-refractivity contribution is 0.265. The predicted molar refractivity (Wildman–Crippen MR) is 117 cm³/mol. The van der Waals surface area contributed by atoms with Crippen molar-refractivity contribution >= 4 is 11.6 Å². The van der Waals surface area contributed by atoms with Gasteiger partial charge in [-0.15, -0.1) is 0 Å². The van der Waals surface area contributed by atoms with Crippen molar-refractivity contribution in [1.82, 2.24) is 10.2 Å². The Labute approximate surface area is 179 Å². The zero-order valence-corrected chi connectivity index (χ0v) is 18.4. The van der Waals surface area contributed by atoms with E-state index in [2.05, 4.69) is 24.1 Å². The van der Waals surface area contributed by atoms with Crippen molar-refractivity contribution in [2.45, 2.75) is 40.3 Å². The van der Waals surface area contributed by atoms with Gasteiger partial charge in [0.2, 0.25) is 0 Å². The predicted octanol–water partition coefficient (Wildman–Crippen LogP) is 5.28. The normalized spacial score (nSPS) is 11.1. The molecule has 0 atom stereocenters. The van der Waals surface area contributed by atoms with E-state index in [0.717, 1.165) is 44.7 Å². The third-order valence-electron chi connectivity index (χ3n) is 4.79. The molecule has 0 saturated carbocycles. The zero-order chi connectivity index (χ0) is 21.1. The molecule has 0 aliphatic carbocycles. The lowest BCUT2D eigenvalue weighted by atomic mass is 10.2. The minimum atomic E-state index is -0.374. The number of benzene rings is 2. The highest BCUT2D eigenvalue weighted by Crippen LogP contribution is 2.30. The molecule has 0 aromatic heterocycles. The summed E-state index contributed by atoms with van der Waals surface area (Å²) in [4.78, 5) is 2.42. The summed E-state index contributed by atoms with van der Waals surface area (Å²) >= 11 is 6.08. The molecule has 4 nitrogen and oxygen atoms in total. The Bertz CT molecular complexity index is 733. The number of rotatable bonds is 13. The van der Waals surface area contributed by atoms with Crippen LogP contribution >= 0.6 is 11.6 Å². The van der Waals surface area contributed by atoms with Crippen LogP contribution in [0.4, 0.5) is 4.39 Å². The van der Waals surface area contributed by atoms with Gasteiger partial charge in [-0.1, -0.05) is 37.6 Å². The lowest BCUT2D eigenvalue weighted by Gasteiger charge is -2.18. The highest BCUT2D eigenvalue weighted by molar-refractivity contribution is 6.31. The third kappa shape index (κ3) is 7.50. The molecular formula is C23H32ClFN2O2. The summed E-state index contributed by atoms with van der Waals surface area (Å²) < 4.78 is 25.5. The minimum absolute atomic E-state index is 0.0501. The Balaban J connectivity index is 1.92. The van der Waals surface area contributed by atoms with E-state index in [0.29, 0.717) is 28.7 Å². The Morgan fingerprint density at radius 1 is 1.03 bits per heavy atom. The van der Waals surface area contributed by atoms with E-state index in [-0.39, 0.29) is 12.4 Å². The first-order valence-electron chi connectivity index (χ1n) is 10.3. The molecule has 0 fully saturated rings. The van der Waals surface area contributed by atoms with Gasteiger partial charge in [-0.2, -0.15) is 0 Å². The fraction of sp³-hybridized carbons (Fsp3) is 0.478. The van der Waals surface area contributed by atoms with Crippen molar-refractivity contribution in [1.29, 1.82) is 0 Å². The van der Waals surface area contributed by atoms with Gasteiger partial charge in [0.15, 0.2) is 11.5 Å². The second-order valence-electron chi connectivity index (χ2n) is 6.76. The van der Waals surface area contributed by atoms with E-state index in [4.69, 9.17) is 21.1 Å². The second kappa shape index (κ2) is 12.7. The Morgan fingerprint density at radius 3 is 2.52 bits per heavy atom. The molecule has 0 radical (unpaired) electrons. The molecule has 2 rings (SSSR count). The van der Waals surface area contributed by atoms with Crippen LogP contribution in [-0.4, -0.2) is 37.7 Å². The van der Waals surface area contributed by atoms with Gasteiger partial charge in [-0.25, -0.2) is 4.39 Å².